The van der Waals surface area contributed by atoms with Gasteiger partial charge in [0.15, 0.2) is 33.3 Å². The molecule has 1 atom stereocenters. The van der Waals surface area contributed by atoms with Gasteiger partial charge >= 0.3 is 0 Å². The Morgan fingerprint density at radius 3 is 1.65 bits per heavy atom. The monoisotopic (exact) mass is 394 g/mol. The zero-order chi connectivity index (χ0) is 18.4. The van der Waals surface area contributed by atoms with Gasteiger partial charge in [-0.25, -0.2) is 0 Å². The van der Waals surface area contributed by atoms with Gasteiger partial charge in [0.2, 0.25) is 0 Å². The summed E-state index contributed by atoms with van der Waals surface area (Å²) < 4.78 is 19.1. The summed E-state index contributed by atoms with van der Waals surface area (Å²) in [5, 5.41) is 0. The molecule has 23 heavy (non-hydrogen) atoms. The van der Waals surface area contributed by atoms with Gasteiger partial charge in [0.1, 0.15) is 0 Å². The summed E-state index contributed by atoms with van der Waals surface area (Å²) in [5.74, 6) is 0. The van der Waals surface area contributed by atoms with Gasteiger partial charge < -0.3 is 13.0 Å². The van der Waals surface area contributed by atoms with Crippen LogP contribution < -0.4 is 0 Å². The lowest BCUT2D eigenvalue weighted by atomic mass is 10.5. The Labute approximate surface area is 150 Å². The fourth-order valence-corrected chi connectivity index (χ4v) is 27.1. The van der Waals surface area contributed by atoms with E-state index >= 15 is 0 Å². The predicted molar refractivity (Wildman–Crippen MR) is 113 cm³/mol. The van der Waals surface area contributed by atoms with E-state index in [2.05, 4.69) is 65.8 Å². The van der Waals surface area contributed by atoms with Crippen molar-refractivity contribution in [1.29, 1.82) is 0 Å². The van der Waals surface area contributed by atoms with Crippen molar-refractivity contribution in [3.05, 3.63) is 0 Å². The van der Waals surface area contributed by atoms with Crippen LogP contribution >= 0.6 is 0 Å². The van der Waals surface area contributed by atoms with E-state index in [1.54, 1.807) is 0 Å². The van der Waals surface area contributed by atoms with Crippen LogP contribution in [0.25, 0.3) is 0 Å². The Kier molecular flexibility index (Phi) is 9.75. The first-order chi connectivity index (χ1) is 10.2. The Morgan fingerprint density at radius 2 is 1.22 bits per heavy atom. The summed E-state index contributed by atoms with van der Waals surface area (Å²) in [6.45, 7) is 25.0. The third kappa shape index (κ3) is 13.7. The average Bonchev–Trinajstić information content (AvgIpc) is 2.20. The Morgan fingerprint density at radius 1 is 0.696 bits per heavy atom. The number of hydrogen-bond acceptors (Lipinski definition) is 3. The lowest BCUT2D eigenvalue weighted by Crippen LogP contribution is -2.53. The lowest BCUT2D eigenvalue weighted by molar-refractivity contribution is 0.135. The van der Waals surface area contributed by atoms with E-state index < -0.39 is 33.3 Å². The highest BCUT2D eigenvalue weighted by atomic mass is 28.5. The van der Waals surface area contributed by atoms with Crippen LogP contribution in [0.3, 0.4) is 0 Å². The average molecular weight is 395 g/mol. The lowest BCUT2D eigenvalue weighted by Gasteiger charge is -2.41. The normalized spacial score (nSPS) is 16.4. The Balaban J connectivity index is 4.84. The van der Waals surface area contributed by atoms with Gasteiger partial charge in [-0.3, -0.25) is 0 Å². The highest BCUT2D eigenvalue weighted by Gasteiger charge is 2.42. The van der Waals surface area contributed by atoms with Gasteiger partial charge in [0.25, 0.3) is 0 Å². The fraction of sp³-hybridized carbons (Fsp3) is 1.00. The van der Waals surface area contributed by atoms with Crippen LogP contribution in [0.1, 0.15) is 19.8 Å². The van der Waals surface area contributed by atoms with Crippen molar-refractivity contribution in [3.63, 3.8) is 0 Å². The molecule has 0 aromatic rings. The third-order valence-electron chi connectivity index (χ3n) is 3.28. The highest BCUT2D eigenvalue weighted by Crippen LogP contribution is 2.31. The van der Waals surface area contributed by atoms with Crippen LogP contribution in [0.15, 0.2) is 0 Å². The molecule has 0 spiro atoms. The first kappa shape index (κ1) is 23.7. The number of hydrogen-bond donors (Lipinski definition) is 0. The van der Waals surface area contributed by atoms with Gasteiger partial charge in [-0.05, 0) is 83.5 Å². The quantitative estimate of drug-likeness (QED) is 0.308. The molecule has 0 heterocycles. The van der Waals surface area contributed by atoms with E-state index in [1.165, 1.54) is 11.7 Å². The molecule has 0 aliphatic carbocycles. The summed E-state index contributed by atoms with van der Waals surface area (Å²) >= 11 is 0. The van der Waals surface area contributed by atoms with Gasteiger partial charge in [-0.15, -0.1) is 0 Å². The second-order valence-corrected chi connectivity index (χ2v) is 27.9. The minimum atomic E-state index is -1.74. The second-order valence-electron chi connectivity index (χ2n) is 9.53. The van der Waals surface area contributed by atoms with Crippen molar-refractivity contribution in [3.8, 4) is 0 Å². The molecular formula is C16H42O3Si4. The van der Waals surface area contributed by atoms with E-state index in [0.29, 0.717) is 0 Å². The summed E-state index contributed by atoms with van der Waals surface area (Å²) in [6, 6.07) is 1.20. The maximum atomic E-state index is 6.77. The first-order valence-electron chi connectivity index (χ1n) is 9.16. The third-order valence-corrected chi connectivity index (χ3v) is 20.2. The van der Waals surface area contributed by atoms with Crippen molar-refractivity contribution in [2.45, 2.75) is 90.4 Å². The highest BCUT2D eigenvalue weighted by molar-refractivity contribution is 6.96. The minimum Gasteiger partial charge on any atom is -0.456 e. The van der Waals surface area contributed by atoms with Gasteiger partial charge in [-0.2, -0.15) is 0 Å². The summed E-state index contributed by atoms with van der Waals surface area (Å²) in [6.07, 6.45) is 2.23. The molecule has 0 amide bonds. The van der Waals surface area contributed by atoms with Crippen LogP contribution in [-0.2, 0) is 13.0 Å². The molecule has 7 heteroatoms. The predicted octanol–water partition coefficient (Wildman–Crippen LogP) is 5.83. The molecule has 0 radical (unpaired) electrons. The Hall–Kier alpha value is 0.748. The maximum Gasteiger partial charge on any atom is 0.176 e. The van der Waals surface area contributed by atoms with Crippen molar-refractivity contribution in [2.24, 2.45) is 0 Å². The molecular weight excluding hydrogens is 353 g/mol. The zero-order valence-electron chi connectivity index (χ0n) is 17.5. The Bertz CT molecular complexity index is 337. The minimum absolute atomic E-state index is 0.877. The molecule has 1 unspecified atom stereocenters. The second kappa shape index (κ2) is 9.45. The van der Waals surface area contributed by atoms with Crippen molar-refractivity contribution in [1.82, 2.24) is 0 Å². The van der Waals surface area contributed by atoms with Gasteiger partial charge in [-0.1, -0.05) is 6.92 Å². The van der Waals surface area contributed by atoms with E-state index in [-0.39, 0.29) is 0 Å². The largest absolute Gasteiger partial charge is 0.456 e. The SMILES string of the molecule is CCCOCCC[Si](C)(C[Si](C)(C)O[Si](C)(C)C)O[Si](C)(C)C. The summed E-state index contributed by atoms with van der Waals surface area (Å²) in [4.78, 5) is 0. The summed E-state index contributed by atoms with van der Waals surface area (Å²) in [7, 11) is -6.42. The van der Waals surface area contributed by atoms with E-state index in [0.717, 1.165) is 26.1 Å². The molecule has 0 aliphatic heterocycles. The molecule has 0 saturated heterocycles. The van der Waals surface area contributed by atoms with Crippen molar-refractivity contribution in [2.75, 3.05) is 13.2 Å². The van der Waals surface area contributed by atoms with Crippen LogP contribution in [0.2, 0.25) is 70.6 Å². The van der Waals surface area contributed by atoms with Gasteiger partial charge in [0.05, 0.1) is 0 Å². The molecule has 140 valence electrons. The van der Waals surface area contributed by atoms with E-state index in [1.807, 2.05) is 0 Å². The molecule has 0 rings (SSSR count). The molecule has 0 bridgehead atoms. The molecule has 0 N–H and O–H groups in total. The van der Waals surface area contributed by atoms with E-state index in [9.17, 15) is 0 Å². The number of ether oxygens (including phenoxy) is 1. The maximum absolute atomic E-state index is 6.77. The molecule has 0 aromatic heterocycles. The fourth-order valence-electron chi connectivity index (χ4n) is 3.47. The molecule has 0 aromatic carbocycles. The van der Waals surface area contributed by atoms with Gasteiger partial charge in [0, 0.05) is 13.2 Å². The van der Waals surface area contributed by atoms with Crippen LogP contribution in [0.4, 0.5) is 0 Å². The number of rotatable bonds is 12. The topological polar surface area (TPSA) is 27.7 Å². The molecule has 3 nitrogen and oxygen atoms in total. The standard InChI is InChI=1S/C16H42O3Si4/c1-11-13-17-14-12-15-23(10,19-21(5,6)7)16-22(8,9)18-20(2,3)4/h11-16H2,1-10H3. The first-order valence-corrected chi connectivity index (χ1v) is 21.9. The van der Waals surface area contributed by atoms with Crippen LogP contribution in [0, 0.1) is 0 Å². The molecule has 0 aliphatic rings. The van der Waals surface area contributed by atoms with E-state index in [4.69, 9.17) is 13.0 Å². The van der Waals surface area contributed by atoms with Crippen molar-refractivity contribution >= 4 is 33.3 Å². The smallest absolute Gasteiger partial charge is 0.176 e. The molecule has 0 fully saturated rings. The zero-order valence-corrected chi connectivity index (χ0v) is 21.5. The van der Waals surface area contributed by atoms with Crippen molar-refractivity contribution < 1.29 is 13.0 Å². The summed E-state index contributed by atoms with van der Waals surface area (Å²) in [5.41, 5.74) is 1.21. The van der Waals surface area contributed by atoms with Crippen LogP contribution in [-0.4, -0.2) is 46.5 Å². The van der Waals surface area contributed by atoms with Crippen LogP contribution in [0.5, 0.6) is 0 Å². The molecule has 0 saturated carbocycles.